The maximum Gasteiger partial charge on any atom is 0.260 e. The molecule has 5 rings (SSSR count). The molecule has 0 unspecified atom stereocenters. The molecule has 2 amide bonds. The third-order valence-corrected chi connectivity index (χ3v) is 22.4. The van der Waals surface area contributed by atoms with Crippen LogP contribution in [0.4, 0.5) is 11.4 Å². The number of carbonyl (C=O) groups is 2. The SMILES string of the molecule is C[Si](C)(C)O[Si](C)(C)CCCN1C(=O)C(c2cccs2)=c2cc3c(cc21)=C(c1cccs1)C(=O)N3CCC[Si](C)(C)O[Si](C)(C)C. The van der Waals surface area contributed by atoms with Crippen LogP contribution in [0.2, 0.25) is 77.6 Å². The Labute approximate surface area is 287 Å². The molecule has 2 aromatic heterocycles. The van der Waals surface area contributed by atoms with Crippen LogP contribution in [0.5, 0.6) is 0 Å². The van der Waals surface area contributed by atoms with Gasteiger partial charge in [0.05, 0.1) is 22.5 Å². The molecule has 2 aliphatic heterocycles. The summed E-state index contributed by atoms with van der Waals surface area (Å²) in [5.41, 5.74) is 3.32. The lowest BCUT2D eigenvalue weighted by molar-refractivity contribution is -0.113. The molecule has 6 nitrogen and oxygen atoms in total. The lowest BCUT2D eigenvalue weighted by atomic mass is 10.1. The molecule has 46 heavy (non-hydrogen) atoms. The molecular formula is C34H50N2O4S2Si4. The summed E-state index contributed by atoms with van der Waals surface area (Å²) in [6, 6.07) is 14.3. The van der Waals surface area contributed by atoms with Crippen LogP contribution < -0.4 is 20.2 Å². The molecule has 0 saturated carbocycles. The molecule has 12 heteroatoms. The van der Waals surface area contributed by atoms with Crippen LogP contribution in [0.1, 0.15) is 22.6 Å². The summed E-state index contributed by atoms with van der Waals surface area (Å²) in [7, 11) is -7.00. The number of hydrogen-bond donors (Lipinski definition) is 0. The minimum atomic E-state index is -1.86. The molecule has 2 aliphatic rings. The van der Waals surface area contributed by atoms with Gasteiger partial charge in [0, 0.05) is 33.3 Å². The van der Waals surface area contributed by atoms with Gasteiger partial charge in [-0.3, -0.25) is 9.59 Å². The van der Waals surface area contributed by atoms with Crippen LogP contribution in [-0.4, -0.2) is 58.2 Å². The molecule has 0 aliphatic carbocycles. The van der Waals surface area contributed by atoms with Gasteiger partial charge in [-0.25, -0.2) is 0 Å². The van der Waals surface area contributed by atoms with Gasteiger partial charge in [-0.15, -0.1) is 22.7 Å². The van der Waals surface area contributed by atoms with E-state index in [1.54, 1.807) is 22.7 Å². The monoisotopic (exact) mass is 726 g/mol. The number of thiophene rings is 2. The highest BCUT2D eigenvalue weighted by molar-refractivity contribution is 7.12. The van der Waals surface area contributed by atoms with Gasteiger partial charge in [-0.05, 0) is 125 Å². The quantitative estimate of drug-likeness (QED) is 0.159. The van der Waals surface area contributed by atoms with E-state index in [9.17, 15) is 9.59 Å². The van der Waals surface area contributed by atoms with Crippen LogP contribution in [0.25, 0.3) is 11.1 Å². The summed E-state index contributed by atoms with van der Waals surface area (Å²) in [6.45, 7) is 24.0. The van der Waals surface area contributed by atoms with Crippen LogP contribution in [0.3, 0.4) is 0 Å². The van der Waals surface area contributed by atoms with Crippen LogP contribution in [0.15, 0.2) is 47.2 Å². The van der Waals surface area contributed by atoms with Crippen LogP contribution >= 0.6 is 22.7 Å². The molecule has 4 heterocycles. The van der Waals surface area contributed by atoms with Crippen molar-refractivity contribution < 1.29 is 17.8 Å². The Kier molecular flexibility index (Phi) is 10.1. The summed E-state index contributed by atoms with van der Waals surface area (Å²) in [6.07, 6.45) is 1.77. The fourth-order valence-electron chi connectivity index (χ4n) is 6.99. The first-order chi connectivity index (χ1) is 21.4. The van der Waals surface area contributed by atoms with Gasteiger partial charge in [-0.2, -0.15) is 0 Å². The Hall–Kier alpha value is -1.91. The van der Waals surface area contributed by atoms with Crippen LogP contribution in [0, 0.1) is 0 Å². The van der Waals surface area contributed by atoms with E-state index in [-0.39, 0.29) is 11.8 Å². The second-order valence-corrected chi connectivity index (χ2v) is 35.7. The number of nitrogens with zero attached hydrogens (tertiary/aromatic N) is 2. The molecule has 0 fully saturated rings. The van der Waals surface area contributed by atoms with Crippen molar-refractivity contribution >= 4 is 90.3 Å². The van der Waals surface area contributed by atoms with E-state index in [0.29, 0.717) is 13.1 Å². The minimum absolute atomic E-state index is 0.0542. The topological polar surface area (TPSA) is 59.1 Å². The van der Waals surface area contributed by atoms with Crippen molar-refractivity contribution in [2.45, 2.75) is 90.4 Å². The first-order valence-corrected chi connectivity index (χ1v) is 31.2. The van der Waals surface area contributed by atoms with Crippen molar-refractivity contribution in [2.24, 2.45) is 0 Å². The van der Waals surface area contributed by atoms with E-state index in [4.69, 9.17) is 8.23 Å². The number of benzene rings is 1. The van der Waals surface area contributed by atoms with Gasteiger partial charge >= 0.3 is 0 Å². The van der Waals surface area contributed by atoms with Crippen molar-refractivity contribution in [1.29, 1.82) is 0 Å². The van der Waals surface area contributed by atoms with Gasteiger partial charge < -0.3 is 18.0 Å². The number of rotatable bonds is 14. The van der Waals surface area contributed by atoms with Gasteiger partial charge in [0.2, 0.25) is 0 Å². The predicted molar refractivity (Wildman–Crippen MR) is 207 cm³/mol. The van der Waals surface area contributed by atoms with E-state index >= 15 is 0 Å². The van der Waals surface area contributed by atoms with Crippen molar-refractivity contribution in [2.75, 3.05) is 22.9 Å². The van der Waals surface area contributed by atoms with Crippen LogP contribution in [-0.2, 0) is 17.8 Å². The highest BCUT2D eigenvalue weighted by atomic mass is 32.1. The fraction of sp³-hybridized carbons (Fsp3) is 0.471. The molecule has 0 atom stereocenters. The molecule has 0 spiro atoms. The first kappa shape index (κ1) is 35.4. The molecular weight excluding hydrogens is 677 g/mol. The molecule has 0 bridgehead atoms. The fourth-order valence-corrected chi connectivity index (χ4v) is 24.6. The number of anilines is 2. The summed E-state index contributed by atoms with van der Waals surface area (Å²) in [5, 5.41) is 5.92. The zero-order chi connectivity index (χ0) is 33.7. The largest absolute Gasteiger partial charge is 0.456 e. The Morgan fingerprint density at radius 1 is 0.609 bits per heavy atom. The Morgan fingerprint density at radius 2 is 0.978 bits per heavy atom. The Morgan fingerprint density at radius 3 is 1.28 bits per heavy atom. The molecule has 3 aromatic rings. The van der Waals surface area contributed by atoms with E-state index in [1.165, 1.54) is 0 Å². The lowest BCUT2D eigenvalue weighted by Gasteiger charge is -2.32. The normalized spacial score (nSPS) is 15.8. The van der Waals surface area contributed by atoms with Crippen molar-refractivity contribution in [1.82, 2.24) is 0 Å². The second-order valence-electron chi connectivity index (χ2n) is 15.7. The smallest absolute Gasteiger partial charge is 0.260 e. The highest BCUT2D eigenvalue weighted by Gasteiger charge is 2.37. The van der Waals surface area contributed by atoms with Gasteiger partial charge in [0.25, 0.3) is 11.8 Å². The van der Waals surface area contributed by atoms with E-state index in [1.807, 2.05) is 44.8 Å². The summed E-state index contributed by atoms with van der Waals surface area (Å²) >= 11 is 3.19. The molecule has 0 saturated heterocycles. The van der Waals surface area contributed by atoms with Crippen molar-refractivity contribution in [3.8, 4) is 0 Å². The summed E-state index contributed by atoms with van der Waals surface area (Å²) in [4.78, 5) is 34.3. The second kappa shape index (κ2) is 13.2. The average molecular weight is 727 g/mol. The van der Waals surface area contributed by atoms with E-state index < -0.39 is 33.3 Å². The average Bonchev–Trinajstić information content (AvgIpc) is 3.69. The predicted octanol–water partition coefficient (Wildman–Crippen LogP) is 7.79. The zero-order valence-corrected chi connectivity index (χ0v) is 34.8. The molecule has 0 N–H and O–H groups in total. The van der Waals surface area contributed by atoms with Crippen molar-refractivity contribution in [3.63, 3.8) is 0 Å². The maximum absolute atomic E-state index is 14.2. The minimum Gasteiger partial charge on any atom is -0.456 e. The molecule has 248 valence electrons. The highest BCUT2D eigenvalue weighted by Crippen LogP contribution is 2.34. The molecule has 1 aromatic carbocycles. The van der Waals surface area contributed by atoms with Gasteiger partial charge in [0.15, 0.2) is 33.3 Å². The number of fused-ring (bicyclic) bond motifs is 2. The summed E-state index contributed by atoms with van der Waals surface area (Å²) in [5.74, 6) is 0.108. The molecule has 0 radical (unpaired) electrons. The standard InChI is InChI=1S/C34H50N2O4S2Si4/c1-43(2,3)39-45(7,8)21-13-17-35-27-23-26-28(24-25(27)31(33(35)37)29-15-11-19-41-29)36(34(38)32(26)30-16-12-20-42-30)18-14-22-46(9,10)40-44(4,5)6/h11-12,15-16,19-20,23-24H,13-14,17-18,21-22H2,1-10H3. The number of amides is 2. The number of carbonyl (C=O) groups excluding carboxylic acids is 2. The van der Waals surface area contributed by atoms with Gasteiger partial charge in [0.1, 0.15) is 0 Å². The van der Waals surface area contributed by atoms with E-state index in [0.717, 1.165) is 67.6 Å². The summed E-state index contributed by atoms with van der Waals surface area (Å²) < 4.78 is 13.2. The maximum atomic E-state index is 14.2. The first-order valence-electron chi connectivity index (χ1n) is 16.4. The third kappa shape index (κ3) is 8.03. The van der Waals surface area contributed by atoms with Gasteiger partial charge in [-0.1, -0.05) is 12.1 Å². The van der Waals surface area contributed by atoms with Crippen molar-refractivity contribution in [3.05, 3.63) is 67.3 Å². The Balaban J connectivity index is 1.53. The lowest BCUT2D eigenvalue weighted by Crippen LogP contribution is -2.42. The number of hydrogen-bond acceptors (Lipinski definition) is 6. The Bertz CT molecular complexity index is 1600. The van der Waals surface area contributed by atoms with E-state index in [2.05, 4.69) is 77.6 Å². The zero-order valence-electron chi connectivity index (χ0n) is 29.2. The third-order valence-electron chi connectivity index (χ3n) is 8.17.